The lowest BCUT2D eigenvalue weighted by atomic mass is 10.1. The number of aryl methyl sites for hydroxylation is 2. The fourth-order valence-electron chi connectivity index (χ4n) is 2.78. The fraction of sp³-hybridized carbons (Fsp3) is 0.120. The van der Waals surface area contributed by atoms with E-state index in [0.717, 1.165) is 11.1 Å². The minimum absolute atomic E-state index is 0.162. The van der Waals surface area contributed by atoms with Gasteiger partial charge in [0.15, 0.2) is 6.61 Å². The van der Waals surface area contributed by atoms with E-state index in [1.807, 2.05) is 38.1 Å². The van der Waals surface area contributed by atoms with Crippen LogP contribution in [0.15, 0.2) is 77.9 Å². The third kappa shape index (κ3) is 7.32. The van der Waals surface area contributed by atoms with Crippen molar-refractivity contribution in [3.63, 3.8) is 0 Å². The highest BCUT2D eigenvalue weighted by molar-refractivity contribution is 6.39. The molecular formula is C25H24N4O4. The second kappa shape index (κ2) is 11.2. The van der Waals surface area contributed by atoms with Crippen LogP contribution in [0.3, 0.4) is 0 Å². The first kappa shape index (κ1) is 23.2. The maximum atomic E-state index is 12.0. The van der Waals surface area contributed by atoms with E-state index in [2.05, 4.69) is 21.2 Å². The van der Waals surface area contributed by atoms with Crippen LogP contribution in [-0.4, -0.2) is 30.5 Å². The van der Waals surface area contributed by atoms with Crippen LogP contribution in [0.5, 0.6) is 5.75 Å². The minimum Gasteiger partial charge on any atom is -0.484 e. The summed E-state index contributed by atoms with van der Waals surface area (Å²) in [7, 11) is 0. The summed E-state index contributed by atoms with van der Waals surface area (Å²) in [5.74, 6) is -1.55. The van der Waals surface area contributed by atoms with E-state index in [-0.39, 0.29) is 12.5 Å². The molecule has 3 aromatic rings. The third-order valence-corrected chi connectivity index (χ3v) is 4.64. The van der Waals surface area contributed by atoms with Gasteiger partial charge in [-0.25, -0.2) is 5.43 Å². The summed E-state index contributed by atoms with van der Waals surface area (Å²) in [6, 6.07) is 21.3. The van der Waals surface area contributed by atoms with E-state index >= 15 is 0 Å². The van der Waals surface area contributed by atoms with Crippen LogP contribution in [0, 0.1) is 13.8 Å². The molecule has 0 aliphatic heterocycles. The molecule has 0 aliphatic rings. The molecule has 0 heterocycles. The summed E-state index contributed by atoms with van der Waals surface area (Å²) in [4.78, 5) is 36.0. The van der Waals surface area contributed by atoms with E-state index in [9.17, 15) is 14.4 Å². The van der Waals surface area contributed by atoms with Crippen LogP contribution in [0.2, 0.25) is 0 Å². The number of carbonyl (C=O) groups is 3. The molecule has 8 nitrogen and oxygen atoms in total. The molecule has 0 aromatic heterocycles. The van der Waals surface area contributed by atoms with Gasteiger partial charge in [0.25, 0.3) is 5.91 Å². The zero-order valence-electron chi connectivity index (χ0n) is 18.3. The molecule has 0 atom stereocenters. The lowest BCUT2D eigenvalue weighted by Crippen LogP contribution is -2.32. The standard InChI is InChI=1S/C25H24N4O4/c1-17-11-12-21(13-18(17)2)28-24(31)25(32)29-26-15-19-7-6-10-22(14-19)33-16-23(30)27-20-8-4-3-5-9-20/h3-15H,16H2,1-2H3,(H,27,30)(H,28,31)(H,29,32)/b26-15-. The van der Waals surface area contributed by atoms with Crippen molar-refractivity contribution in [2.24, 2.45) is 5.10 Å². The second-order valence-corrected chi connectivity index (χ2v) is 7.23. The molecular weight excluding hydrogens is 420 g/mol. The number of hydrogen-bond donors (Lipinski definition) is 3. The largest absolute Gasteiger partial charge is 0.484 e. The Bertz CT molecular complexity index is 1180. The molecule has 0 radical (unpaired) electrons. The minimum atomic E-state index is -0.894. The van der Waals surface area contributed by atoms with E-state index in [4.69, 9.17) is 4.74 Å². The number of rotatable bonds is 7. The van der Waals surface area contributed by atoms with Gasteiger partial charge >= 0.3 is 11.8 Å². The number of benzene rings is 3. The maximum absolute atomic E-state index is 12.0. The molecule has 0 bridgehead atoms. The molecule has 3 aromatic carbocycles. The number of carbonyl (C=O) groups excluding carboxylic acids is 3. The van der Waals surface area contributed by atoms with Gasteiger partial charge < -0.3 is 15.4 Å². The molecule has 0 aliphatic carbocycles. The Labute approximate surface area is 191 Å². The summed E-state index contributed by atoms with van der Waals surface area (Å²) in [6.45, 7) is 3.72. The average molecular weight is 444 g/mol. The topological polar surface area (TPSA) is 109 Å². The average Bonchev–Trinajstić information content (AvgIpc) is 2.81. The number of nitrogens with one attached hydrogen (secondary N) is 3. The zero-order valence-corrected chi connectivity index (χ0v) is 18.3. The van der Waals surface area contributed by atoms with Crippen LogP contribution in [0.25, 0.3) is 0 Å². The van der Waals surface area contributed by atoms with E-state index in [1.54, 1.807) is 48.5 Å². The van der Waals surface area contributed by atoms with Crippen molar-refractivity contribution >= 4 is 35.3 Å². The van der Waals surface area contributed by atoms with Crippen molar-refractivity contribution in [2.75, 3.05) is 17.2 Å². The Morgan fingerprint density at radius 2 is 1.61 bits per heavy atom. The van der Waals surface area contributed by atoms with Gasteiger partial charge in [-0.1, -0.05) is 36.4 Å². The summed E-state index contributed by atoms with van der Waals surface area (Å²) >= 11 is 0. The first-order valence-corrected chi connectivity index (χ1v) is 10.2. The number of ether oxygens (including phenoxy) is 1. The molecule has 0 unspecified atom stereocenters. The van der Waals surface area contributed by atoms with Gasteiger partial charge in [0.05, 0.1) is 6.21 Å². The molecule has 3 amide bonds. The number of hydrogen-bond acceptors (Lipinski definition) is 5. The van der Waals surface area contributed by atoms with Gasteiger partial charge in [-0.15, -0.1) is 0 Å². The Morgan fingerprint density at radius 1 is 0.818 bits per heavy atom. The molecule has 168 valence electrons. The Hall–Kier alpha value is -4.46. The smallest absolute Gasteiger partial charge is 0.329 e. The van der Waals surface area contributed by atoms with Crippen molar-refractivity contribution in [3.8, 4) is 5.75 Å². The third-order valence-electron chi connectivity index (χ3n) is 4.64. The highest BCUT2D eigenvalue weighted by Crippen LogP contribution is 2.14. The monoisotopic (exact) mass is 444 g/mol. The summed E-state index contributed by atoms with van der Waals surface area (Å²) < 4.78 is 5.51. The van der Waals surface area contributed by atoms with Gasteiger partial charge in [-0.2, -0.15) is 5.10 Å². The van der Waals surface area contributed by atoms with Gasteiger partial charge in [0.1, 0.15) is 5.75 Å². The predicted molar refractivity (Wildman–Crippen MR) is 127 cm³/mol. The lowest BCUT2D eigenvalue weighted by Gasteiger charge is -2.08. The van der Waals surface area contributed by atoms with E-state index in [1.165, 1.54) is 6.21 Å². The molecule has 0 spiro atoms. The number of nitrogens with zero attached hydrogens (tertiary/aromatic N) is 1. The van der Waals surface area contributed by atoms with Crippen LogP contribution in [-0.2, 0) is 14.4 Å². The number of hydrazone groups is 1. The van der Waals surface area contributed by atoms with Gasteiger partial charge in [0.2, 0.25) is 0 Å². The number of amides is 3. The van der Waals surface area contributed by atoms with Crippen molar-refractivity contribution in [3.05, 3.63) is 89.5 Å². The zero-order chi connectivity index (χ0) is 23.6. The molecule has 0 saturated carbocycles. The van der Waals surface area contributed by atoms with Crippen LogP contribution < -0.4 is 20.8 Å². The Morgan fingerprint density at radius 3 is 2.36 bits per heavy atom. The maximum Gasteiger partial charge on any atom is 0.329 e. The summed E-state index contributed by atoms with van der Waals surface area (Å²) in [6.07, 6.45) is 1.37. The highest BCUT2D eigenvalue weighted by Gasteiger charge is 2.13. The second-order valence-electron chi connectivity index (χ2n) is 7.23. The van der Waals surface area contributed by atoms with Crippen LogP contribution in [0.1, 0.15) is 16.7 Å². The van der Waals surface area contributed by atoms with Crippen LogP contribution in [0.4, 0.5) is 11.4 Å². The molecule has 33 heavy (non-hydrogen) atoms. The highest BCUT2D eigenvalue weighted by atomic mass is 16.5. The first-order valence-electron chi connectivity index (χ1n) is 10.2. The Kier molecular flexibility index (Phi) is 7.91. The lowest BCUT2D eigenvalue weighted by molar-refractivity contribution is -0.136. The number of anilines is 2. The van der Waals surface area contributed by atoms with E-state index in [0.29, 0.717) is 22.7 Å². The molecule has 3 rings (SSSR count). The number of para-hydroxylation sites is 1. The van der Waals surface area contributed by atoms with Crippen LogP contribution >= 0.6 is 0 Å². The van der Waals surface area contributed by atoms with Crippen molar-refractivity contribution < 1.29 is 19.1 Å². The predicted octanol–water partition coefficient (Wildman–Crippen LogP) is 3.41. The van der Waals surface area contributed by atoms with Gasteiger partial charge in [-0.3, -0.25) is 14.4 Å². The molecule has 0 fully saturated rings. The molecule has 0 saturated heterocycles. The van der Waals surface area contributed by atoms with Gasteiger partial charge in [0, 0.05) is 11.4 Å². The Balaban J connectivity index is 1.48. The first-order chi connectivity index (χ1) is 15.9. The van der Waals surface area contributed by atoms with E-state index < -0.39 is 11.8 Å². The summed E-state index contributed by atoms with van der Waals surface area (Å²) in [5, 5.41) is 9.07. The fourth-order valence-corrected chi connectivity index (χ4v) is 2.78. The molecule has 3 N–H and O–H groups in total. The van der Waals surface area contributed by atoms with Crippen molar-refractivity contribution in [1.82, 2.24) is 5.43 Å². The van der Waals surface area contributed by atoms with Crippen molar-refractivity contribution in [2.45, 2.75) is 13.8 Å². The summed E-state index contributed by atoms with van der Waals surface area (Å²) in [5.41, 5.74) is 6.11. The molecule has 8 heteroatoms. The SMILES string of the molecule is Cc1ccc(NC(=O)C(=O)N/N=C\c2cccc(OCC(=O)Nc3ccccc3)c2)cc1C. The quantitative estimate of drug-likeness (QED) is 0.295. The van der Waals surface area contributed by atoms with Crippen molar-refractivity contribution in [1.29, 1.82) is 0 Å². The normalized spacial score (nSPS) is 10.5. The van der Waals surface area contributed by atoms with Gasteiger partial charge in [-0.05, 0) is 66.9 Å².